The molecule has 1 heterocycles. The van der Waals surface area contributed by atoms with Crippen LogP contribution in [-0.2, 0) is 19.7 Å². The highest BCUT2D eigenvalue weighted by Crippen LogP contribution is 2.37. The van der Waals surface area contributed by atoms with Gasteiger partial charge in [-0.3, -0.25) is 14.9 Å². The fourth-order valence-corrected chi connectivity index (χ4v) is 3.61. The van der Waals surface area contributed by atoms with E-state index in [-0.39, 0.29) is 29.0 Å². The lowest BCUT2D eigenvalue weighted by Gasteiger charge is -2.36. The standard InChI is InChI=1S/C20H30N2O5/c1-5-10-21(16-8-11-27-12-9-16)17-7-6-15(13-18(17)22(24)25)20(2,3)14-19(23)26-4/h6-7,13,16H,5,8-12,14H2,1-4H3. The fourth-order valence-electron chi connectivity index (χ4n) is 3.61. The quantitative estimate of drug-likeness (QED) is 0.388. The molecule has 0 aliphatic carbocycles. The number of ether oxygens (including phenoxy) is 2. The van der Waals surface area contributed by atoms with E-state index in [1.807, 2.05) is 26.0 Å². The number of nitro groups is 1. The number of nitro benzene ring substituents is 1. The summed E-state index contributed by atoms with van der Waals surface area (Å²) in [6.07, 6.45) is 2.81. The van der Waals surface area contributed by atoms with E-state index in [4.69, 9.17) is 9.47 Å². The summed E-state index contributed by atoms with van der Waals surface area (Å²) in [5.74, 6) is -0.332. The predicted octanol–water partition coefficient (Wildman–Crippen LogP) is 3.83. The molecule has 1 saturated heterocycles. The van der Waals surface area contributed by atoms with Crippen molar-refractivity contribution >= 4 is 17.3 Å². The average Bonchev–Trinajstić information content (AvgIpc) is 2.65. The largest absolute Gasteiger partial charge is 0.469 e. The van der Waals surface area contributed by atoms with Gasteiger partial charge in [0.1, 0.15) is 5.69 Å². The third kappa shape index (κ3) is 5.19. The summed E-state index contributed by atoms with van der Waals surface area (Å²) in [5, 5.41) is 11.8. The SMILES string of the molecule is CCCN(c1ccc(C(C)(C)CC(=O)OC)cc1[N+](=O)[O-])C1CCOCC1. The molecule has 1 aromatic rings. The molecule has 1 aromatic carbocycles. The van der Waals surface area contributed by atoms with Gasteiger partial charge in [-0.15, -0.1) is 0 Å². The number of esters is 1. The first-order valence-corrected chi connectivity index (χ1v) is 9.50. The lowest BCUT2D eigenvalue weighted by atomic mass is 9.81. The van der Waals surface area contributed by atoms with Crippen LogP contribution in [0.5, 0.6) is 0 Å². The van der Waals surface area contributed by atoms with E-state index in [0.717, 1.165) is 31.4 Å². The molecule has 0 N–H and O–H groups in total. The van der Waals surface area contributed by atoms with Gasteiger partial charge in [-0.25, -0.2) is 0 Å². The summed E-state index contributed by atoms with van der Waals surface area (Å²) in [7, 11) is 1.35. The van der Waals surface area contributed by atoms with Crippen LogP contribution >= 0.6 is 0 Å². The summed E-state index contributed by atoms with van der Waals surface area (Å²) >= 11 is 0. The zero-order valence-corrected chi connectivity index (χ0v) is 16.7. The van der Waals surface area contributed by atoms with E-state index in [2.05, 4.69) is 11.8 Å². The molecule has 27 heavy (non-hydrogen) atoms. The van der Waals surface area contributed by atoms with E-state index in [0.29, 0.717) is 18.9 Å². The Hall–Kier alpha value is -2.15. The monoisotopic (exact) mass is 378 g/mol. The normalized spacial score (nSPS) is 15.4. The number of carbonyl (C=O) groups is 1. The van der Waals surface area contributed by atoms with Gasteiger partial charge in [-0.1, -0.05) is 26.8 Å². The van der Waals surface area contributed by atoms with Gasteiger partial charge in [-0.05, 0) is 30.9 Å². The molecule has 1 aliphatic heterocycles. The Labute approximate surface area is 160 Å². The molecule has 0 atom stereocenters. The molecule has 0 spiro atoms. The van der Waals surface area contributed by atoms with Crippen molar-refractivity contribution in [3.63, 3.8) is 0 Å². The van der Waals surface area contributed by atoms with Gasteiger partial charge in [0.05, 0.1) is 18.5 Å². The van der Waals surface area contributed by atoms with Crippen molar-refractivity contribution in [3.8, 4) is 0 Å². The molecular weight excluding hydrogens is 348 g/mol. The molecule has 0 bridgehead atoms. The molecule has 1 aliphatic rings. The molecule has 1 fully saturated rings. The van der Waals surface area contributed by atoms with Crippen LogP contribution in [0.1, 0.15) is 52.0 Å². The Morgan fingerprint density at radius 1 is 1.37 bits per heavy atom. The van der Waals surface area contributed by atoms with Crippen LogP contribution in [0.2, 0.25) is 0 Å². The maximum absolute atomic E-state index is 11.8. The first-order chi connectivity index (χ1) is 12.8. The van der Waals surface area contributed by atoms with Crippen molar-refractivity contribution in [2.75, 3.05) is 31.8 Å². The summed E-state index contributed by atoms with van der Waals surface area (Å²) in [6, 6.07) is 5.58. The first kappa shape index (κ1) is 21.2. The topological polar surface area (TPSA) is 81.9 Å². The smallest absolute Gasteiger partial charge is 0.306 e. The molecule has 0 saturated carbocycles. The van der Waals surface area contributed by atoms with E-state index in [9.17, 15) is 14.9 Å². The number of hydrogen-bond donors (Lipinski definition) is 0. The van der Waals surface area contributed by atoms with Crippen LogP contribution in [0.25, 0.3) is 0 Å². The van der Waals surface area contributed by atoms with Crippen LogP contribution < -0.4 is 4.90 Å². The van der Waals surface area contributed by atoms with Crippen molar-refractivity contribution in [1.82, 2.24) is 0 Å². The Balaban J connectivity index is 2.41. The lowest BCUT2D eigenvalue weighted by molar-refractivity contribution is -0.384. The van der Waals surface area contributed by atoms with Crippen LogP contribution in [-0.4, -0.2) is 43.8 Å². The molecule has 0 unspecified atom stereocenters. The van der Waals surface area contributed by atoms with E-state index in [1.165, 1.54) is 7.11 Å². The zero-order valence-electron chi connectivity index (χ0n) is 16.7. The Morgan fingerprint density at radius 3 is 2.59 bits per heavy atom. The number of nitrogens with zero attached hydrogens (tertiary/aromatic N) is 2. The maximum atomic E-state index is 11.8. The predicted molar refractivity (Wildman–Crippen MR) is 104 cm³/mol. The molecule has 0 radical (unpaired) electrons. The molecule has 0 amide bonds. The Morgan fingerprint density at radius 2 is 2.04 bits per heavy atom. The minimum Gasteiger partial charge on any atom is -0.469 e. The van der Waals surface area contributed by atoms with Gasteiger partial charge in [-0.2, -0.15) is 0 Å². The molecule has 7 heteroatoms. The zero-order chi connectivity index (χ0) is 20.0. The molecule has 7 nitrogen and oxygen atoms in total. The van der Waals surface area contributed by atoms with E-state index in [1.54, 1.807) is 6.07 Å². The van der Waals surface area contributed by atoms with Crippen molar-refractivity contribution < 1.29 is 19.2 Å². The Kier molecular flexibility index (Phi) is 7.18. The summed E-state index contributed by atoms with van der Waals surface area (Å²) < 4.78 is 10.2. The van der Waals surface area contributed by atoms with Gasteiger partial charge in [0.25, 0.3) is 5.69 Å². The van der Waals surface area contributed by atoms with Gasteiger partial charge in [0.15, 0.2) is 0 Å². The number of rotatable bonds is 8. The molecule has 0 aromatic heterocycles. The minimum absolute atomic E-state index is 0.0883. The van der Waals surface area contributed by atoms with Crippen molar-refractivity contribution in [1.29, 1.82) is 0 Å². The summed E-state index contributed by atoms with van der Waals surface area (Å²) in [6.45, 7) is 7.99. The molecule has 150 valence electrons. The number of methoxy groups -OCH3 is 1. The summed E-state index contributed by atoms with van der Waals surface area (Å²) in [5.41, 5.74) is 0.938. The van der Waals surface area contributed by atoms with Gasteiger partial charge in [0, 0.05) is 37.3 Å². The third-order valence-electron chi connectivity index (χ3n) is 5.17. The van der Waals surface area contributed by atoms with Crippen molar-refractivity contribution in [2.24, 2.45) is 0 Å². The number of anilines is 1. The first-order valence-electron chi connectivity index (χ1n) is 9.50. The van der Waals surface area contributed by atoms with Gasteiger partial charge < -0.3 is 14.4 Å². The highest BCUT2D eigenvalue weighted by Gasteiger charge is 2.31. The number of benzene rings is 1. The highest BCUT2D eigenvalue weighted by molar-refractivity contribution is 5.72. The molecular formula is C20H30N2O5. The van der Waals surface area contributed by atoms with E-state index >= 15 is 0 Å². The van der Waals surface area contributed by atoms with E-state index < -0.39 is 5.41 Å². The second-order valence-electron chi connectivity index (χ2n) is 7.63. The van der Waals surface area contributed by atoms with Crippen LogP contribution in [0.4, 0.5) is 11.4 Å². The minimum atomic E-state index is -0.551. The maximum Gasteiger partial charge on any atom is 0.306 e. The lowest BCUT2D eigenvalue weighted by Crippen LogP contribution is -2.40. The van der Waals surface area contributed by atoms with Gasteiger partial charge in [0.2, 0.25) is 0 Å². The average molecular weight is 378 g/mol. The van der Waals surface area contributed by atoms with Crippen LogP contribution in [0, 0.1) is 10.1 Å². The van der Waals surface area contributed by atoms with Crippen LogP contribution in [0.15, 0.2) is 18.2 Å². The van der Waals surface area contributed by atoms with Crippen molar-refractivity contribution in [2.45, 2.75) is 57.9 Å². The second kappa shape index (κ2) is 9.17. The van der Waals surface area contributed by atoms with Crippen molar-refractivity contribution in [3.05, 3.63) is 33.9 Å². The highest BCUT2D eigenvalue weighted by atomic mass is 16.6. The van der Waals surface area contributed by atoms with Crippen LogP contribution in [0.3, 0.4) is 0 Å². The summed E-state index contributed by atoms with van der Waals surface area (Å²) in [4.78, 5) is 25.4. The second-order valence-corrected chi connectivity index (χ2v) is 7.63. The molecule has 2 rings (SSSR count). The van der Waals surface area contributed by atoms with Gasteiger partial charge >= 0.3 is 5.97 Å². The number of hydrogen-bond acceptors (Lipinski definition) is 6. The third-order valence-corrected chi connectivity index (χ3v) is 5.17. The fraction of sp³-hybridized carbons (Fsp3) is 0.650. The number of carbonyl (C=O) groups excluding carboxylic acids is 1. The Bertz CT molecular complexity index is 668.